The van der Waals surface area contributed by atoms with Crippen molar-refractivity contribution < 1.29 is 0 Å². The van der Waals surface area contributed by atoms with Crippen LogP contribution in [0.3, 0.4) is 0 Å². The summed E-state index contributed by atoms with van der Waals surface area (Å²) in [5, 5.41) is 3.49. The van der Waals surface area contributed by atoms with Gasteiger partial charge < -0.3 is 5.32 Å². The maximum Gasteiger partial charge on any atom is 0.0372 e. The molecule has 0 unspecified atom stereocenters. The standard InChI is InChI=1S/C16H24N2/c1-2-18(11-13-5-6-13)12-14-7-8-16-15(10-14)4-3-9-17-16/h7-8,10,13,17H,2-6,9,11-12H2,1H3. The van der Waals surface area contributed by atoms with E-state index in [2.05, 4.69) is 35.3 Å². The summed E-state index contributed by atoms with van der Waals surface area (Å²) < 4.78 is 0. The highest BCUT2D eigenvalue weighted by Crippen LogP contribution is 2.30. The maximum absolute atomic E-state index is 3.49. The van der Waals surface area contributed by atoms with Crippen molar-refractivity contribution in [2.24, 2.45) is 5.92 Å². The lowest BCUT2D eigenvalue weighted by Gasteiger charge is -2.23. The fourth-order valence-electron chi connectivity index (χ4n) is 2.86. The SMILES string of the molecule is CCN(Cc1ccc2c(c1)CCCN2)CC1CC1. The summed E-state index contributed by atoms with van der Waals surface area (Å²) in [7, 11) is 0. The summed E-state index contributed by atoms with van der Waals surface area (Å²) in [6.07, 6.45) is 5.41. The van der Waals surface area contributed by atoms with E-state index < -0.39 is 0 Å². The molecule has 1 heterocycles. The molecule has 2 aliphatic rings. The van der Waals surface area contributed by atoms with Gasteiger partial charge in [0.05, 0.1) is 0 Å². The minimum Gasteiger partial charge on any atom is -0.385 e. The smallest absolute Gasteiger partial charge is 0.0372 e. The number of anilines is 1. The molecule has 1 N–H and O–H groups in total. The molecule has 1 aromatic rings. The molecule has 3 rings (SSSR count). The fraction of sp³-hybridized carbons (Fsp3) is 0.625. The van der Waals surface area contributed by atoms with Crippen LogP contribution in [-0.4, -0.2) is 24.5 Å². The van der Waals surface area contributed by atoms with Crippen molar-refractivity contribution in [1.82, 2.24) is 4.90 Å². The molecule has 2 heteroatoms. The first-order valence-electron chi connectivity index (χ1n) is 7.43. The first-order valence-corrected chi connectivity index (χ1v) is 7.43. The van der Waals surface area contributed by atoms with Crippen LogP contribution in [0, 0.1) is 5.92 Å². The van der Waals surface area contributed by atoms with E-state index in [1.54, 1.807) is 0 Å². The van der Waals surface area contributed by atoms with Crippen LogP contribution in [0.4, 0.5) is 5.69 Å². The Bertz CT molecular complexity index is 410. The van der Waals surface area contributed by atoms with Gasteiger partial charge in [-0.05, 0) is 55.3 Å². The lowest BCUT2D eigenvalue weighted by Crippen LogP contribution is -2.25. The summed E-state index contributed by atoms with van der Waals surface area (Å²) in [5.74, 6) is 0.990. The summed E-state index contributed by atoms with van der Waals surface area (Å²) >= 11 is 0. The Balaban J connectivity index is 1.67. The predicted octanol–water partition coefficient (Wildman–Crippen LogP) is 3.28. The second kappa shape index (κ2) is 5.31. The van der Waals surface area contributed by atoms with Crippen molar-refractivity contribution in [2.75, 3.05) is 25.0 Å². The van der Waals surface area contributed by atoms with Gasteiger partial charge in [0.15, 0.2) is 0 Å². The zero-order valence-corrected chi connectivity index (χ0v) is 11.4. The topological polar surface area (TPSA) is 15.3 Å². The van der Waals surface area contributed by atoms with Gasteiger partial charge in [-0.1, -0.05) is 19.1 Å². The van der Waals surface area contributed by atoms with Crippen LogP contribution in [-0.2, 0) is 13.0 Å². The van der Waals surface area contributed by atoms with Crippen LogP contribution in [0.1, 0.15) is 37.3 Å². The summed E-state index contributed by atoms with van der Waals surface area (Å²) in [6.45, 7) is 7.01. The molecule has 0 spiro atoms. The molecule has 18 heavy (non-hydrogen) atoms. The van der Waals surface area contributed by atoms with Gasteiger partial charge in [-0.15, -0.1) is 0 Å². The van der Waals surface area contributed by atoms with Crippen molar-refractivity contribution in [3.8, 4) is 0 Å². The van der Waals surface area contributed by atoms with E-state index >= 15 is 0 Å². The Kier molecular flexibility index (Phi) is 3.55. The number of benzene rings is 1. The normalized spacial score (nSPS) is 18.6. The molecule has 1 aromatic carbocycles. The molecule has 98 valence electrons. The molecule has 0 radical (unpaired) electrons. The molecule has 0 amide bonds. The van der Waals surface area contributed by atoms with Crippen LogP contribution >= 0.6 is 0 Å². The Labute approximate surface area is 110 Å². The molecule has 1 aliphatic carbocycles. The zero-order valence-electron chi connectivity index (χ0n) is 11.4. The fourth-order valence-corrected chi connectivity index (χ4v) is 2.86. The van der Waals surface area contributed by atoms with Gasteiger partial charge in [0.25, 0.3) is 0 Å². The van der Waals surface area contributed by atoms with E-state index in [0.717, 1.165) is 19.0 Å². The van der Waals surface area contributed by atoms with Crippen molar-refractivity contribution in [3.05, 3.63) is 29.3 Å². The Morgan fingerprint density at radius 1 is 1.33 bits per heavy atom. The number of nitrogens with one attached hydrogen (secondary N) is 1. The minimum atomic E-state index is 0.990. The lowest BCUT2D eigenvalue weighted by molar-refractivity contribution is 0.268. The van der Waals surface area contributed by atoms with Crippen molar-refractivity contribution in [1.29, 1.82) is 0 Å². The van der Waals surface area contributed by atoms with E-state index in [1.807, 2.05) is 0 Å². The second-order valence-electron chi connectivity index (χ2n) is 5.79. The molecule has 0 atom stereocenters. The van der Waals surface area contributed by atoms with Crippen LogP contribution in [0.25, 0.3) is 0 Å². The van der Waals surface area contributed by atoms with Gasteiger partial charge >= 0.3 is 0 Å². The Hall–Kier alpha value is -1.02. The summed E-state index contributed by atoms with van der Waals surface area (Å²) in [4.78, 5) is 2.59. The number of hydrogen-bond donors (Lipinski definition) is 1. The molecule has 0 bridgehead atoms. The van der Waals surface area contributed by atoms with Crippen molar-refractivity contribution in [3.63, 3.8) is 0 Å². The van der Waals surface area contributed by atoms with E-state index in [9.17, 15) is 0 Å². The van der Waals surface area contributed by atoms with Crippen molar-refractivity contribution in [2.45, 2.75) is 39.2 Å². The first kappa shape index (κ1) is 12.0. The number of hydrogen-bond acceptors (Lipinski definition) is 2. The maximum atomic E-state index is 3.49. The highest BCUT2D eigenvalue weighted by atomic mass is 15.1. The summed E-state index contributed by atoms with van der Waals surface area (Å²) in [6, 6.07) is 6.98. The molecule has 1 aliphatic heterocycles. The average Bonchev–Trinajstić information content (AvgIpc) is 3.22. The second-order valence-corrected chi connectivity index (χ2v) is 5.79. The highest BCUT2D eigenvalue weighted by molar-refractivity contribution is 5.54. The van der Waals surface area contributed by atoms with Crippen LogP contribution in [0.2, 0.25) is 0 Å². The molecule has 2 nitrogen and oxygen atoms in total. The monoisotopic (exact) mass is 244 g/mol. The number of aryl methyl sites for hydroxylation is 1. The van der Waals surface area contributed by atoms with E-state index in [-0.39, 0.29) is 0 Å². The lowest BCUT2D eigenvalue weighted by atomic mass is 10.0. The van der Waals surface area contributed by atoms with Gasteiger partial charge in [-0.25, -0.2) is 0 Å². The predicted molar refractivity (Wildman–Crippen MR) is 76.9 cm³/mol. The molecule has 0 aromatic heterocycles. The van der Waals surface area contributed by atoms with E-state index in [4.69, 9.17) is 0 Å². The molecule has 0 saturated heterocycles. The summed E-state index contributed by atoms with van der Waals surface area (Å²) in [5.41, 5.74) is 4.36. The molecular formula is C16H24N2. The third-order valence-electron chi connectivity index (χ3n) is 4.17. The quantitative estimate of drug-likeness (QED) is 0.855. The minimum absolute atomic E-state index is 0.990. The Morgan fingerprint density at radius 2 is 2.22 bits per heavy atom. The van der Waals surface area contributed by atoms with E-state index in [1.165, 1.54) is 55.6 Å². The van der Waals surface area contributed by atoms with Gasteiger partial charge in [0.2, 0.25) is 0 Å². The van der Waals surface area contributed by atoms with Gasteiger partial charge in [0.1, 0.15) is 0 Å². The first-order chi connectivity index (χ1) is 8.85. The highest BCUT2D eigenvalue weighted by Gasteiger charge is 2.23. The van der Waals surface area contributed by atoms with Crippen LogP contribution < -0.4 is 5.32 Å². The molecule has 1 saturated carbocycles. The van der Waals surface area contributed by atoms with Crippen molar-refractivity contribution >= 4 is 5.69 Å². The Morgan fingerprint density at radius 3 is 3.00 bits per heavy atom. The zero-order chi connectivity index (χ0) is 12.4. The third kappa shape index (κ3) is 2.86. The van der Waals surface area contributed by atoms with E-state index in [0.29, 0.717) is 0 Å². The van der Waals surface area contributed by atoms with Crippen LogP contribution in [0.5, 0.6) is 0 Å². The number of rotatable bonds is 5. The van der Waals surface area contributed by atoms with Gasteiger partial charge in [-0.2, -0.15) is 0 Å². The van der Waals surface area contributed by atoms with Gasteiger partial charge in [-0.3, -0.25) is 4.90 Å². The van der Waals surface area contributed by atoms with Crippen LogP contribution in [0.15, 0.2) is 18.2 Å². The van der Waals surface area contributed by atoms with Gasteiger partial charge in [0, 0.05) is 25.3 Å². The third-order valence-corrected chi connectivity index (χ3v) is 4.17. The largest absolute Gasteiger partial charge is 0.385 e. The molecular weight excluding hydrogens is 220 g/mol. The number of nitrogens with zero attached hydrogens (tertiary/aromatic N) is 1. The average molecular weight is 244 g/mol. The molecule has 1 fully saturated rings. The number of fused-ring (bicyclic) bond motifs is 1.